The van der Waals surface area contributed by atoms with E-state index in [0.717, 1.165) is 13.2 Å². The Kier molecular flexibility index (Phi) is 3.76. The predicted octanol–water partition coefficient (Wildman–Crippen LogP) is 3.38. The molecule has 1 aromatic rings. The molecule has 2 nitrogen and oxygen atoms in total. The minimum absolute atomic E-state index is 0.0333. The highest BCUT2D eigenvalue weighted by molar-refractivity contribution is 5.42. The summed E-state index contributed by atoms with van der Waals surface area (Å²) in [7, 11) is 2.04. The van der Waals surface area contributed by atoms with Crippen LogP contribution in [0.1, 0.15) is 50.3 Å². The van der Waals surface area contributed by atoms with Crippen LogP contribution in [0.3, 0.4) is 0 Å². The zero-order valence-corrected chi connectivity index (χ0v) is 13.1. The second kappa shape index (κ2) is 4.92. The molecule has 2 heteroatoms. The molecule has 1 N–H and O–H groups in total. The van der Waals surface area contributed by atoms with Crippen LogP contribution in [0.4, 0.5) is 0 Å². The lowest BCUT2D eigenvalue weighted by Gasteiger charge is -2.53. The van der Waals surface area contributed by atoms with E-state index in [-0.39, 0.29) is 11.0 Å². The van der Waals surface area contributed by atoms with E-state index < -0.39 is 0 Å². The standard InChI is InChI=1S/C17H27NO/c1-12(2)14-8-7-13(3)15(9-14)17(10-19-11-17)16(4,5)18-6/h7-9,12,18H,10-11H2,1-6H3. The van der Waals surface area contributed by atoms with E-state index in [0.29, 0.717) is 5.92 Å². The van der Waals surface area contributed by atoms with Crippen LogP contribution in [0.25, 0.3) is 0 Å². The van der Waals surface area contributed by atoms with Crippen molar-refractivity contribution in [3.8, 4) is 0 Å². The zero-order chi connectivity index (χ0) is 14.3. The first-order valence-corrected chi connectivity index (χ1v) is 7.22. The molecular weight excluding hydrogens is 234 g/mol. The fraction of sp³-hybridized carbons (Fsp3) is 0.647. The summed E-state index contributed by atoms with van der Waals surface area (Å²) in [5.74, 6) is 0.565. The molecule has 1 aliphatic heterocycles. The Morgan fingerprint density at radius 1 is 1.26 bits per heavy atom. The van der Waals surface area contributed by atoms with E-state index in [1.165, 1.54) is 16.7 Å². The minimum Gasteiger partial charge on any atom is -0.379 e. The van der Waals surface area contributed by atoms with Crippen LogP contribution in [0, 0.1) is 6.92 Å². The van der Waals surface area contributed by atoms with Crippen LogP contribution >= 0.6 is 0 Å². The molecule has 2 rings (SSSR count). The molecule has 0 saturated carbocycles. The van der Waals surface area contributed by atoms with Gasteiger partial charge in [-0.15, -0.1) is 0 Å². The number of aryl methyl sites for hydroxylation is 1. The predicted molar refractivity (Wildman–Crippen MR) is 80.9 cm³/mol. The number of hydrogen-bond acceptors (Lipinski definition) is 2. The lowest BCUT2D eigenvalue weighted by atomic mass is 9.64. The topological polar surface area (TPSA) is 21.3 Å². The first-order valence-electron chi connectivity index (χ1n) is 7.22. The Morgan fingerprint density at radius 3 is 2.32 bits per heavy atom. The van der Waals surface area contributed by atoms with E-state index in [2.05, 4.69) is 58.1 Å². The number of likely N-dealkylation sites (N-methyl/N-ethyl adjacent to an activating group) is 1. The second-order valence-corrected chi connectivity index (χ2v) is 6.68. The summed E-state index contributed by atoms with van der Waals surface area (Å²) in [6, 6.07) is 6.90. The molecule has 0 amide bonds. The third-order valence-corrected chi connectivity index (χ3v) is 4.96. The van der Waals surface area contributed by atoms with Gasteiger partial charge in [-0.25, -0.2) is 0 Å². The summed E-state index contributed by atoms with van der Waals surface area (Å²) in [6.07, 6.45) is 0. The van der Waals surface area contributed by atoms with Crippen molar-refractivity contribution in [3.05, 3.63) is 34.9 Å². The van der Waals surface area contributed by atoms with Crippen molar-refractivity contribution >= 4 is 0 Å². The monoisotopic (exact) mass is 261 g/mol. The molecule has 0 aromatic heterocycles. The molecule has 1 fully saturated rings. The van der Waals surface area contributed by atoms with Gasteiger partial charge in [-0.3, -0.25) is 0 Å². The van der Waals surface area contributed by atoms with E-state index in [1.807, 2.05) is 7.05 Å². The molecule has 0 bridgehead atoms. The fourth-order valence-corrected chi connectivity index (χ4v) is 2.91. The van der Waals surface area contributed by atoms with Crippen molar-refractivity contribution < 1.29 is 4.74 Å². The molecule has 1 aromatic carbocycles. The number of benzene rings is 1. The van der Waals surface area contributed by atoms with Crippen LogP contribution < -0.4 is 5.32 Å². The van der Waals surface area contributed by atoms with Gasteiger partial charge in [0.2, 0.25) is 0 Å². The third kappa shape index (κ3) is 2.21. The average molecular weight is 261 g/mol. The van der Waals surface area contributed by atoms with Crippen molar-refractivity contribution in [2.75, 3.05) is 20.3 Å². The molecule has 1 saturated heterocycles. The van der Waals surface area contributed by atoms with E-state index in [9.17, 15) is 0 Å². The quantitative estimate of drug-likeness (QED) is 0.897. The van der Waals surface area contributed by atoms with Crippen LogP contribution in [-0.4, -0.2) is 25.8 Å². The summed E-state index contributed by atoms with van der Waals surface area (Å²) in [5.41, 5.74) is 4.36. The molecule has 1 heterocycles. The zero-order valence-electron chi connectivity index (χ0n) is 13.1. The SMILES string of the molecule is CNC(C)(C)C1(c2cc(C(C)C)ccc2C)COC1. The van der Waals surface area contributed by atoms with Gasteiger partial charge in [0.1, 0.15) is 0 Å². The highest BCUT2D eigenvalue weighted by Crippen LogP contribution is 2.43. The molecule has 0 atom stereocenters. The maximum absolute atomic E-state index is 5.60. The molecule has 0 unspecified atom stereocenters. The van der Waals surface area contributed by atoms with E-state index >= 15 is 0 Å². The van der Waals surface area contributed by atoms with E-state index in [4.69, 9.17) is 4.74 Å². The Morgan fingerprint density at radius 2 is 1.89 bits per heavy atom. The first kappa shape index (κ1) is 14.5. The summed E-state index contributed by atoms with van der Waals surface area (Å²) < 4.78 is 5.60. The van der Waals surface area contributed by atoms with E-state index in [1.54, 1.807) is 0 Å². The molecule has 1 aliphatic rings. The van der Waals surface area contributed by atoms with Gasteiger partial charge in [-0.1, -0.05) is 32.0 Å². The van der Waals surface area contributed by atoms with Crippen LogP contribution in [0.5, 0.6) is 0 Å². The van der Waals surface area contributed by atoms with Crippen molar-refractivity contribution in [2.45, 2.75) is 51.5 Å². The lowest BCUT2D eigenvalue weighted by molar-refractivity contribution is -0.0994. The number of rotatable bonds is 4. The maximum Gasteiger partial charge on any atom is 0.0603 e. The Balaban J connectivity index is 2.52. The maximum atomic E-state index is 5.60. The van der Waals surface area contributed by atoms with Crippen molar-refractivity contribution in [1.82, 2.24) is 5.32 Å². The van der Waals surface area contributed by atoms with Gasteiger partial charge < -0.3 is 10.1 Å². The Bertz CT molecular complexity index is 458. The van der Waals surface area contributed by atoms with Crippen molar-refractivity contribution in [2.24, 2.45) is 0 Å². The molecular formula is C17H27NO. The first-order chi connectivity index (χ1) is 8.84. The van der Waals surface area contributed by atoms with Crippen molar-refractivity contribution in [3.63, 3.8) is 0 Å². The van der Waals surface area contributed by atoms with Gasteiger partial charge in [0.15, 0.2) is 0 Å². The minimum atomic E-state index is 0.0333. The summed E-state index contributed by atoms with van der Waals surface area (Å²) >= 11 is 0. The molecule has 19 heavy (non-hydrogen) atoms. The number of hydrogen-bond donors (Lipinski definition) is 1. The molecule has 0 spiro atoms. The van der Waals surface area contributed by atoms with Gasteiger partial charge >= 0.3 is 0 Å². The number of ether oxygens (including phenoxy) is 1. The molecule has 0 aliphatic carbocycles. The normalized spacial score (nSPS) is 18.5. The highest BCUT2D eigenvalue weighted by Gasteiger charge is 2.52. The van der Waals surface area contributed by atoms with Crippen LogP contribution in [0.2, 0.25) is 0 Å². The highest BCUT2D eigenvalue weighted by atomic mass is 16.5. The summed E-state index contributed by atoms with van der Waals surface area (Å²) in [4.78, 5) is 0. The van der Waals surface area contributed by atoms with Gasteiger partial charge in [-0.05, 0) is 50.4 Å². The largest absolute Gasteiger partial charge is 0.379 e. The summed E-state index contributed by atoms with van der Waals surface area (Å²) in [5, 5.41) is 3.48. The molecule has 106 valence electrons. The van der Waals surface area contributed by atoms with Crippen LogP contribution in [-0.2, 0) is 10.2 Å². The van der Waals surface area contributed by atoms with Gasteiger partial charge in [0.05, 0.1) is 18.6 Å². The lowest BCUT2D eigenvalue weighted by Crippen LogP contribution is -2.66. The fourth-order valence-electron chi connectivity index (χ4n) is 2.91. The Hall–Kier alpha value is -0.860. The third-order valence-electron chi connectivity index (χ3n) is 4.96. The molecule has 0 radical (unpaired) electrons. The van der Waals surface area contributed by atoms with Gasteiger partial charge in [-0.2, -0.15) is 0 Å². The van der Waals surface area contributed by atoms with Gasteiger partial charge in [0, 0.05) is 5.54 Å². The van der Waals surface area contributed by atoms with Gasteiger partial charge in [0.25, 0.3) is 0 Å². The smallest absolute Gasteiger partial charge is 0.0603 e. The average Bonchev–Trinajstić information content (AvgIpc) is 2.29. The Labute approximate surface area is 117 Å². The van der Waals surface area contributed by atoms with Crippen molar-refractivity contribution in [1.29, 1.82) is 0 Å². The number of nitrogens with one attached hydrogen (secondary N) is 1. The van der Waals surface area contributed by atoms with Crippen LogP contribution in [0.15, 0.2) is 18.2 Å². The summed E-state index contributed by atoms with van der Waals surface area (Å²) in [6.45, 7) is 12.9. The second-order valence-electron chi connectivity index (χ2n) is 6.68.